The molecule has 0 saturated carbocycles. The molecule has 1 aliphatic heterocycles. The SMILES string of the molecule is COCCCN1C(=O)C(Nc2cc(C)cc(C)c2)=C(c2ccccc2OC)C1=O. The third-order valence-corrected chi connectivity index (χ3v) is 4.77. The summed E-state index contributed by atoms with van der Waals surface area (Å²) in [7, 11) is 3.15. The Labute approximate surface area is 171 Å². The van der Waals surface area contributed by atoms with Crippen LogP contribution in [0.15, 0.2) is 48.2 Å². The molecule has 2 amide bonds. The average molecular weight is 394 g/mol. The van der Waals surface area contributed by atoms with Crippen LogP contribution in [0.3, 0.4) is 0 Å². The predicted octanol–water partition coefficient (Wildman–Crippen LogP) is 3.54. The zero-order valence-electron chi connectivity index (χ0n) is 17.2. The van der Waals surface area contributed by atoms with Crippen molar-refractivity contribution in [2.75, 3.05) is 32.7 Å². The summed E-state index contributed by atoms with van der Waals surface area (Å²) in [5.74, 6) is -0.129. The Morgan fingerprint density at radius 3 is 2.31 bits per heavy atom. The number of imide groups is 1. The Morgan fingerprint density at radius 1 is 0.966 bits per heavy atom. The Balaban J connectivity index is 2.07. The molecule has 6 heteroatoms. The van der Waals surface area contributed by atoms with E-state index in [2.05, 4.69) is 11.4 Å². The number of hydrogen-bond acceptors (Lipinski definition) is 5. The Hall–Kier alpha value is -3.12. The van der Waals surface area contributed by atoms with E-state index < -0.39 is 0 Å². The molecule has 2 aromatic carbocycles. The predicted molar refractivity (Wildman–Crippen MR) is 113 cm³/mol. The van der Waals surface area contributed by atoms with Gasteiger partial charge in [-0.3, -0.25) is 14.5 Å². The molecule has 0 unspecified atom stereocenters. The molecule has 2 aromatic rings. The molecule has 0 spiro atoms. The van der Waals surface area contributed by atoms with Crippen LogP contribution >= 0.6 is 0 Å². The van der Waals surface area contributed by atoms with E-state index in [-0.39, 0.29) is 17.5 Å². The van der Waals surface area contributed by atoms with Gasteiger partial charge in [0.1, 0.15) is 11.4 Å². The number of para-hydroxylation sites is 1. The summed E-state index contributed by atoms with van der Waals surface area (Å²) in [5.41, 5.74) is 4.09. The van der Waals surface area contributed by atoms with Crippen molar-refractivity contribution in [1.29, 1.82) is 0 Å². The van der Waals surface area contributed by atoms with Crippen LogP contribution in [0.5, 0.6) is 5.75 Å². The standard InChI is InChI=1S/C23H26N2O4/c1-15-12-16(2)14-17(13-15)24-21-20(18-8-5-6-9-19(18)29-4)22(26)25(23(21)27)10-7-11-28-3/h5-6,8-9,12-14,24H,7,10-11H2,1-4H3. The van der Waals surface area contributed by atoms with Crippen LogP contribution in [0.25, 0.3) is 5.57 Å². The first kappa shape index (κ1) is 20.6. The summed E-state index contributed by atoms with van der Waals surface area (Å²) in [5, 5.41) is 3.20. The lowest BCUT2D eigenvalue weighted by Gasteiger charge is -2.15. The van der Waals surface area contributed by atoms with Gasteiger partial charge in [0.15, 0.2) is 0 Å². The van der Waals surface area contributed by atoms with E-state index in [4.69, 9.17) is 9.47 Å². The highest BCUT2D eigenvalue weighted by molar-refractivity contribution is 6.37. The largest absolute Gasteiger partial charge is 0.496 e. The second-order valence-electron chi connectivity index (χ2n) is 7.06. The van der Waals surface area contributed by atoms with Crippen LogP contribution in [0.4, 0.5) is 5.69 Å². The summed E-state index contributed by atoms with van der Waals surface area (Å²) in [4.78, 5) is 27.7. The van der Waals surface area contributed by atoms with Crippen LogP contribution in [-0.4, -0.2) is 44.1 Å². The first-order chi connectivity index (χ1) is 14.0. The number of amides is 2. The molecule has 29 heavy (non-hydrogen) atoms. The maximum Gasteiger partial charge on any atom is 0.278 e. The van der Waals surface area contributed by atoms with Crippen molar-refractivity contribution >= 4 is 23.1 Å². The zero-order chi connectivity index (χ0) is 21.0. The van der Waals surface area contributed by atoms with E-state index in [0.29, 0.717) is 36.5 Å². The highest BCUT2D eigenvalue weighted by Gasteiger charge is 2.39. The fourth-order valence-corrected chi connectivity index (χ4v) is 3.55. The fourth-order valence-electron chi connectivity index (χ4n) is 3.55. The molecule has 1 aliphatic rings. The van der Waals surface area contributed by atoms with Gasteiger partial charge in [-0.25, -0.2) is 0 Å². The minimum absolute atomic E-state index is 0.266. The molecular formula is C23H26N2O4. The van der Waals surface area contributed by atoms with Gasteiger partial charge in [0.25, 0.3) is 11.8 Å². The first-order valence-corrected chi connectivity index (χ1v) is 9.54. The number of aryl methyl sites for hydroxylation is 2. The highest BCUT2D eigenvalue weighted by Crippen LogP contribution is 2.35. The van der Waals surface area contributed by atoms with Gasteiger partial charge in [0.05, 0.1) is 12.7 Å². The molecular weight excluding hydrogens is 368 g/mol. The number of anilines is 1. The summed E-state index contributed by atoms with van der Waals surface area (Å²) in [6.45, 7) is 4.75. The van der Waals surface area contributed by atoms with Crippen LogP contribution in [0.1, 0.15) is 23.1 Å². The summed E-state index contributed by atoms with van der Waals surface area (Å²) < 4.78 is 10.5. The maximum atomic E-state index is 13.2. The molecule has 0 saturated heterocycles. The summed E-state index contributed by atoms with van der Waals surface area (Å²) in [6.07, 6.45) is 0.573. The number of ether oxygens (including phenoxy) is 2. The molecule has 1 heterocycles. The van der Waals surface area contributed by atoms with Gasteiger partial charge in [-0.15, -0.1) is 0 Å². The topological polar surface area (TPSA) is 67.9 Å². The van der Waals surface area contributed by atoms with Gasteiger partial charge >= 0.3 is 0 Å². The summed E-state index contributed by atoms with van der Waals surface area (Å²) >= 11 is 0. The van der Waals surface area contributed by atoms with E-state index in [1.165, 1.54) is 4.90 Å². The first-order valence-electron chi connectivity index (χ1n) is 9.54. The lowest BCUT2D eigenvalue weighted by atomic mass is 10.0. The number of hydrogen-bond donors (Lipinski definition) is 1. The van der Waals surface area contributed by atoms with Gasteiger partial charge in [-0.1, -0.05) is 24.3 Å². The molecule has 152 valence electrons. The van der Waals surface area contributed by atoms with Gasteiger partial charge in [0.2, 0.25) is 0 Å². The second kappa shape index (κ2) is 8.92. The van der Waals surface area contributed by atoms with Crippen molar-refractivity contribution in [2.45, 2.75) is 20.3 Å². The minimum Gasteiger partial charge on any atom is -0.496 e. The Morgan fingerprint density at radius 2 is 1.66 bits per heavy atom. The van der Waals surface area contributed by atoms with Crippen LogP contribution in [0.2, 0.25) is 0 Å². The van der Waals surface area contributed by atoms with Crippen molar-refractivity contribution in [3.05, 3.63) is 64.9 Å². The van der Waals surface area contributed by atoms with Crippen molar-refractivity contribution < 1.29 is 19.1 Å². The third-order valence-electron chi connectivity index (χ3n) is 4.77. The van der Waals surface area contributed by atoms with Crippen LogP contribution in [0, 0.1) is 13.8 Å². The maximum absolute atomic E-state index is 13.2. The highest BCUT2D eigenvalue weighted by atomic mass is 16.5. The number of methoxy groups -OCH3 is 2. The molecule has 0 aromatic heterocycles. The van der Waals surface area contributed by atoms with Gasteiger partial charge in [-0.05, 0) is 49.6 Å². The van der Waals surface area contributed by atoms with E-state index in [9.17, 15) is 9.59 Å². The fraction of sp³-hybridized carbons (Fsp3) is 0.304. The third kappa shape index (κ3) is 4.32. The number of carbonyl (C=O) groups excluding carboxylic acids is 2. The number of benzene rings is 2. The van der Waals surface area contributed by atoms with Crippen LogP contribution < -0.4 is 10.1 Å². The second-order valence-corrected chi connectivity index (χ2v) is 7.06. The molecule has 3 rings (SSSR count). The molecule has 0 atom stereocenters. The number of rotatable bonds is 8. The zero-order valence-corrected chi connectivity index (χ0v) is 17.2. The molecule has 0 aliphatic carbocycles. The lowest BCUT2D eigenvalue weighted by molar-refractivity contribution is -0.137. The Kier molecular flexibility index (Phi) is 6.34. The summed E-state index contributed by atoms with van der Waals surface area (Å²) in [6, 6.07) is 13.2. The number of carbonyl (C=O) groups is 2. The molecule has 0 fully saturated rings. The molecule has 6 nitrogen and oxygen atoms in total. The molecule has 0 bridgehead atoms. The number of nitrogens with one attached hydrogen (secondary N) is 1. The molecule has 0 radical (unpaired) electrons. The Bertz CT molecular complexity index is 945. The van der Waals surface area contributed by atoms with E-state index in [1.807, 2.05) is 38.1 Å². The van der Waals surface area contributed by atoms with E-state index >= 15 is 0 Å². The van der Waals surface area contributed by atoms with Crippen molar-refractivity contribution in [1.82, 2.24) is 4.90 Å². The van der Waals surface area contributed by atoms with Crippen molar-refractivity contribution in [3.8, 4) is 5.75 Å². The van der Waals surface area contributed by atoms with Crippen molar-refractivity contribution in [3.63, 3.8) is 0 Å². The minimum atomic E-state index is -0.342. The van der Waals surface area contributed by atoms with Gasteiger partial charge < -0.3 is 14.8 Å². The van der Waals surface area contributed by atoms with Crippen LogP contribution in [-0.2, 0) is 14.3 Å². The molecule has 1 N–H and O–H groups in total. The lowest BCUT2D eigenvalue weighted by Crippen LogP contribution is -2.33. The number of nitrogens with zero attached hydrogens (tertiary/aromatic N) is 1. The normalized spacial score (nSPS) is 14.0. The average Bonchev–Trinajstić information content (AvgIpc) is 2.91. The van der Waals surface area contributed by atoms with Crippen molar-refractivity contribution in [2.24, 2.45) is 0 Å². The van der Waals surface area contributed by atoms with E-state index in [1.54, 1.807) is 26.4 Å². The van der Waals surface area contributed by atoms with Gasteiger partial charge in [0, 0.05) is 31.5 Å². The van der Waals surface area contributed by atoms with E-state index in [0.717, 1.165) is 16.8 Å². The monoisotopic (exact) mass is 394 g/mol. The van der Waals surface area contributed by atoms with Gasteiger partial charge in [-0.2, -0.15) is 0 Å². The quantitative estimate of drug-likeness (QED) is 0.548. The smallest absolute Gasteiger partial charge is 0.278 e.